The van der Waals surface area contributed by atoms with E-state index in [4.69, 9.17) is 16.3 Å². The number of ether oxygens (including phenoxy) is 1. The maximum atomic E-state index is 12.2. The van der Waals surface area contributed by atoms with Gasteiger partial charge in [-0.15, -0.1) is 0 Å². The van der Waals surface area contributed by atoms with Gasteiger partial charge in [-0.2, -0.15) is 0 Å². The van der Waals surface area contributed by atoms with E-state index in [2.05, 4.69) is 5.32 Å². The van der Waals surface area contributed by atoms with E-state index in [0.29, 0.717) is 36.1 Å². The second-order valence-electron chi connectivity index (χ2n) is 5.46. The fraction of sp³-hybridized carbons (Fsp3) is 0.438. The first-order valence-electron chi connectivity index (χ1n) is 7.59. The van der Waals surface area contributed by atoms with Crippen LogP contribution in [0.4, 0.5) is 5.69 Å². The largest absolute Gasteiger partial charge is 0.495 e. The quantitative estimate of drug-likeness (QED) is 0.809. The third-order valence-electron chi connectivity index (χ3n) is 3.87. The number of methoxy groups -OCH3 is 1. The highest BCUT2D eigenvalue weighted by Gasteiger charge is 2.32. The van der Waals surface area contributed by atoms with Crippen molar-refractivity contribution >= 4 is 35.0 Å². The van der Waals surface area contributed by atoms with E-state index >= 15 is 0 Å². The minimum atomic E-state index is -0.655. The molecule has 0 spiro atoms. The Morgan fingerprint density at radius 2 is 1.88 bits per heavy atom. The Bertz CT molecular complexity index is 678. The highest BCUT2D eigenvalue weighted by molar-refractivity contribution is 6.35. The molecular formula is C16H20ClN3O4. The van der Waals surface area contributed by atoms with E-state index in [9.17, 15) is 14.4 Å². The minimum Gasteiger partial charge on any atom is -0.495 e. The van der Waals surface area contributed by atoms with Gasteiger partial charge in [0.25, 0.3) is 0 Å². The lowest BCUT2D eigenvalue weighted by Gasteiger charge is -2.32. The van der Waals surface area contributed by atoms with Gasteiger partial charge in [-0.3, -0.25) is 14.4 Å². The molecule has 0 unspecified atom stereocenters. The molecule has 1 heterocycles. The summed E-state index contributed by atoms with van der Waals surface area (Å²) in [4.78, 5) is 38.8. The van der Waals surface area contributed by atoms with Crippen LogP contribution in [0, 0.1) is 6.92 Å². The molecule has 2 rings (SSSR count). The van der Waals surface area contributed by atoms with Crippen LogP contribution in [0.3, 0.4) is 0 Å². The first kappa shape index (κ1) is 18.1. The van der Waals surface area contributed by atoms with Crippen LogP contribution in [0.25, 0.3) is 0 Å². The number of likely N-dealkylation sites (N-methyl/N-ethyl adjacent to an activating group) is 1. The van der Waals surface area contributed by atoms with Gasteiger partial charge in [0.05, 0.1) is 12.8 Å². The second kappa shape index (κ2) is 7.53. The zero-order valence-corrected chi connectivity index (χ0v) is 14.6. The molecule has 8 heteroatoms. The van der Waals surface area contributed by atoms with Gasteiger partial charge in [0.2, 0.25) is 5.91 Å². The number of hydrogen-bond donors (Lipinski definition) is 1. The van der Waals surface area contributed by atoms with Gasteiger partial charge in [-0.05, 0) is 25.5 Å². The lowest BCUT2D eigenvalue weighted by Crippen LogP contribution is -2.55. The average molecular weight is 354 g/mol. The summed E-state index contributed by atoms with van der Waals surface area (Å²) < 4.78 is 5.20. The number of anilines is 1. The maximum absolute atomic E-state index is 12.2. The van der Waals surface area contributed by atoms with Crippen LogP contribution in [0.15, 0.2) is 12.1 Å². The number of carbonyl (C=O) groups excluding carboxylic acids is 3. The fourth-order valence-corrected chi connectivity index (χ4v) is 2.61. The van der Waals surface area contributed by atoms with E-state index in [0.717, 1.165) is 5.56 Å². The lowest BCUT2D eigenvalue weighted by atomic mass is 10.2. The van der Waals surface area contributed by atoms with E-state index in [1.165, 1.54) is 16.9 Å². The van der Waals surface area contributed by atoms with Crippen molar-refractivity contribution in [2.75, 3.05) is 38.6 Å². The van der Waals surface area contributed by atoms with Crippen molar-refractivity contribution in [3.63, 3.8) is 0 Å². The van der Waals surface area contributed by atoms with Crippen molar-refractivity contribution < 1.29 is 19.1 Å². The van der Waals surface area contributed by atoms with Crippen LogP contribution >= 0.6 is 11.6 Å². The summed E-state index contributed by atoms with van der Waals surface area (Å²) in [6, 6.07) is 3.31. The predicted molar refractivity (Wildman–Crippen MR) is 90.2 cm³/mol. The molecule has 0 aromatic heterocycles. The van der Waals surface area contributed by atoms with Gasteiger partial charge >= 0.3 is 11.8 Å². The summed E-state index contributed by atoms with van der Waals surface area (Å²) >= 11 is 6.03. The highest BCUT2D eigenvalue weighted by Crippen LogP contribution is 2.30. The number of benzene rings is 1. The van der Waals surface area contributed by atoms with Gasteiger partial charge in [-0.1, -0.05) is 11.6 Å². The molecular weight excluding hydrogens is 334 g/mol. The van der Waals surface area contributed by atoms with Crippen molar-refractivity contribution in [1.29, 1.82) is 0 Å². The summed E-state index contributed by atoms with van der Waals surface area (Å²) in [6.07, 6.45) is 0. The smallest absolute Gasteiger partial charge is 0.312 e. The monoisotopic (exact) mass is 353 g/mol. The normalized spacial score (nSPS) is 14.8. The van der Waals surface area contributed by atoms with Crippen molar-refractivity contribution in [3.05, 3.63) is 22.7 Å². The van der Waals surface area contributed by atoms with Crippen LogP contribution in [0.5, 0.6) is 5.75 Å². The minimum absolute atomic E-state index is 0.188. The molecule has 0 atom stereocenters. The molecule has 1 fully saturated rings. The zero-order valence-electron chi connectivity index (χ0n) is 13.9. The van der Waals surface area contributed by atoms with Crippen molar-refractivity contribution in [2.24, 2.45) is 0 Å². The number of hydrogen-bond acceptors (Lipinski definition) is 4. The van der Waals surface area contributed by atoms with E-state index in [1.807, 2.05) is 13.8 Å². The van der Waals surface area contributed by atoms with Crippen LogP contribution < -0.4 is 10.1 Å². The van der Waals surface area contributed by atoms with Crippen LogP contribution in [-0.4, -0.2) is 60.8 Å². The first-order chi connectivity index (χ1) is 11.4. The molecule has 1 saturated heterocycles. The molecule has 0 aliphatic carbocycles. The number of piperazine rings is 1. The Morgan fingerprint density at radius 1 is 1.25 bits per heavy atom. The maximum Gasteiger partial charge on any atom is 0.312 e. The summed E-state index contributed by atoms with van der Waals surface area (Å²) in [7, 11) is 1.48. The number of halogens is 1. The second-order valence-corrected chi connectivity index (χ2v) is 5.87. The third-order valence-corrected chi connectivity index (χ3v) is 4.28. The Morgan fingerprint density at radius 3 is 2.50 bits per heavy atom. The summed E-state index contributed by atoms with van der Waals surface area (Å²) in [6.45, 7) is 4.67. The number of carbonyl (C=O) groups is 3. The van der Waals surface area contributed by atoms with Gasteiger partial charge < -0.3 is 19.9 Å². The van der Waals surface area contributed by atoms with Crippen molar-refractivity contribution in [3.8, 4) is 5.75 Å². The number of nitrogens with zero attached hydrogens (tertiary/aromatic N) is 2. The van der Waals surface area contributed by atoms with Crippen molar-refractivity contribution in [2.45, 2.75) is 13.8 Å². The van der Waals surface area contributed by atoms with E-state index in [1.54, 1.807) is 12.1 Å². The Kier molecular flexibility index (Phi) is 5.66. The molecule has 1 N–H and O–H groups in total. The van der Waals surface area contributed by atoms with Crippen LogP contribution in [0.1, 0.15) is 12.5 Å². The Balaban J connectivity index is 2.05. The van der Waals surface area contributed by atoms with Gasteiger partial charge in [0.1, 0.15) is 12.3 Å². The molecule has 1 aliphatic rings. The van der Waals surface area contributed by atoms with Gasteiger partial charge in [0.15, 0.2) is 0 Å². The molecule has 0 radical (unpaired) electrons. The van der Waals surface area contributed by atoms with Gasteiger partial charge in [0, 0.05) is 30.7 Å². The summed E-state index contributed by atoms with van der Waals surface area (Å²) in [5.74, 6) is -1.20. The fourth-order valence-electron chi connectivity index (χ4n) is 2.46. The number of rotatable bonds is 5. The number of aryl methyl sites for hydroxylation is 1. The highest BCUT2D eigenvalue weighted by atomic mass is 35.5. The average Bonchev–Trinajstić information content (AvgIpc) is 2.55. The Hall–Kier alpha value is -2.28. The Labute approximate surface area is 145 Å². The summed E-state index contributed by atoms with van der Waals surface area (Å²) in [5.41, 5.74) is 1.26. The van der Waals surface area contributed by atoms with E-state index in [-0.39, 0.29) is 6.54 Å². The van der Waals surface area contributed by atoms with E-state index < -0.39 is 17.7 Å². The van der Waals surface area contributed by atoms with Gasteiger partial charge in [-0.25, -0.2) is 0 Å². The summed E-state index contributed by atoms with van der Waals surface area (Å²) in [5, 5.41) is 3.23. The van der Waals surface area contributed by atoms with Crippen molar-refractivity contribution in [1.82, 2.24) is 9.80 Å². The topological polar surface area (TPSA) is 79.0 Å². The molecule has 0 bridgehead atoms. The SMILES string of the molecule is CCN1CCN(CC(=O)Nc2cc(C)c(Cl)cc2OC)C(=O)C1=O. The molecule has 1 aromatic carbocycles. The molecule has 24 heavy (non-hydrogen) atoms. The third kappa shape index (κ3) is 3.79. The molecule has 7 nitrogen and oxygen atoms in total. The van der Waals surface area contributed by atoms with Crippen LogP contribution in [0.2, 0.25) is 5.02 Å². The number of nitrogens with one attached hydrogen (secondary N) is 1. The predicted octanol–water partition coefficient (Wildman–Crippen LogP) is 1.29. The molecule has 1 aromatic rings. The standard InChI is InChI=1S/C16H20ClN3O4/c1-4-19-5-6-20(16(23)15(19)22)9-14(21)18-12-7-10(2)11(17)8-13(12)24-3/h7-8H,4-6,9H2,1-3H3,(H,18,21). The molecule has 3 amide bonds. The molecule has 130 valence electrons. The molecule has 0 saturated carbocycles. The number of amides is 3. The van der Waals surface area contributed by atoms with Crippen LogP contribution in [-0.2, 0) is 14.4 Å². The molecule has 1 aliphatic heterocycles. The lowest BCUT2D eigenvalue weighted by molar-refractivity contribution is -0.156. The first-order valence-corrected chi connectivity index (χ1v) is 7.97. The zero-order chi connectivity index (χ0) is 17.9.